The van der Waals surface area contributed by atoms with Crippen LogP contribution in [-0.2, 0) is 28.4 Å². The second kappa shape index (κ2) is 100.0. The smallest absolute Gasteiger partial charge is 0.147 e. The molecule has 0 heterocycles. The van der Waals surface area contributed by atoms with Crippen molar-refractivity contribution in [2.24, 2.45) is 23.7 Å². The predicted molar refractivity (Wildman–Crippen MR) is 334 cm³/mol. The quantitative estimate of drug-likeness (QED) is 0.0446. The zero-order chi connectivity index (χ0) is 69.4. The lowest BCUT2D eigenvalue weighted by Gasteiger charge is -2.16. The molecule has 20 heteroatoms. The molecule has 0 saturated carbocycles. The number of ether oxygens (including phenoxy) is 6. The highest BCUT2D eigenvalue weighted by atomic mass is 16.5. The van der Waals surface area contributed by atoms with Crippen LogP contribution in [0.15, 0.2) is 48.7 Å². The third-order valence-corrected chi connectivity index (χ3v) is 6.98. The lowest BCUT2D eigenvalue weighted by atomic mass is 10.1. The van der Waals surface area contributed by atoms with Gasteiger partial charge in [-0.3, -0.25) is 0 Å². The Morgan fingerprint density at radius 1 is 0.506 bits per heavy atom. The second-order valence-electron chi connectivity index (χ2n) is 14.6. The van der Waals surface area contributed by atoms with Crippen molar-refractivity contribution < 1.29 is 28.4 Å². The Kier molecular flexibility index (Phi) is 113. The third kappa shape index (κ3) is 127. The van der Waals surface area contributed by atoms with E-state index in [4.69, 9.17) is 150 Å². The summed E-state index contributed by atoms with van der Waals surface area (Å²) < 4.78 is 28.8. The van der Waals surface area contributed by atoms with E-state index < -0.39 is 17.4 Å². The molecule has 0 bridgehead atoms. The number of allylic oxidation sites excluding steroid dienone is 3. The van der Waals surface area contributed by atoms with Crippen LogP contribution < -0.4 is 0 Å². The molecule has 452 valence electrons. The normalized spacial score (nSPS) is 8.37. The van der Waals surface area contributed by atoms with E-state index in [1.54, 1.807) is 52.0 Å². The minimum Gasteiger partial charge on any atom is -0.488 e. The highest BCUT2D eigenvalue weighted by molar-refractivity contribution is 5.16. The van der Waals surface area contributed by atoms with Gasteiger partial charge in [0.15, 0.2) is 0 Å². The number of rotatable bonds is 21. The fourth-order valence-corrected chi connectivity index (χ4v) is 2.98. The highest BCUT2D eigenvalue weighted by Crippen LogP contribution is 2.07. The molecule has 2 unspecified atom stereocenters. The largest absolute Gasteiger partial charge is 0.488 e. The van der Waals surface area contributed by atoms with Crippen molar-refractivity contribution in [3.05, 3.63) is 48.7 Å². The Labute approximate surface area is 531 Å². The maximum Gasteiger partial charge on any atom is 0.147 e. The number of terminal acetylenes is 9. The molecule has 0 rings (SSSR count). The summed E-state index contributed by atoms with van der Waals surface area (Å²) >= 11 is 0. The summed E-state index contributed by atoms with van der Waals surface area (Å²) in [6.45, 7) is 12.5. The molecule has 0 aromatic heterocycles. The minimum atomic E-state index is -0.625. The topological polar surface area (TPSA) is 388 Å². The molecule has 0 amide bonds. The first-order chi connectivity index (χ1) is 42.3. The van der Waals surface area contributed by atoms with Crippen molar-refractivity contribution >= 4 is 0 Å². The molecule has 20 nitrogen and oxygen atoms in total. The van der Waals surface area contributed by atoms with Crippen LogP contribution in [0.25, 0.3) is 0 Å². The SMILES string of the molecule is C.C#CC(C)(C)OCCC#N.C#CCC(C#N)C#N.C#CCC(C)C#N.C#CCCC(C#N)C#N.C#CCO/C=C(\C)C#N.C#CCO/C=C/C#N.C#CCO/C=C/C#N.C#CCOCC(=C)C#N.C#CCOCC(C#N)CCC#N.N#CCC#CCC#N. The molecule has 0 spiro atoms. The van der Waals surface area contributed by atoms with E-state index in [-0.39, 0.29) is 78.2 Å². The molecular weight excluding hydrogens is 1120 g/mol. The lowest BCUT2D eigenvalue weighted by Crippen LogP contribution is -2.21. The Morgan fingerprint density at radius 3 is 1.29 bits per heavy atom. The van der Waals surface area contributed by atoms with Crippen LogP contribution in [0.3, 0.4) is 0 Å². The van der Waals surface area contributed by atoms with E-state index in [0.717, 1.165) is 0 Å². The van der Waals surface area contributed by atoms with Gasteiger partial charge in [-0.1, -0.05) is 61.4 Å². The standard InChI is InChI=1S/C9H10N2O.C8H11NO.C7H6N2.2C7H7NO.2C6H4N2.2C6H5NO.C6H7N.CH4/c1-2-6-12-8-9(7-11)4-3-5-10;1-4-8(2,3)10-7-5-6-9;1-2-3-4-7(5-8)6-9;2*1-3-4-9-6-7(2)5-8;1-2-3-6(4-7)5-8;7-5-3-1-2-4-6-8;2*1-2-5-8-6-3-4-7;1-3-4-6(2)5-7;/h1,9H,3-4,6,8H2;1H,5,7H2,2-3H3;1,7H,3-4H2;1,6H,4H2,2H3;1H,2,4,6H2;1,6H,3H2;3-4H2;2*1,3,6H,5H2;1,6H,4H2,2H3;1H4/b;;;7-6+;;;;2*6-3+;;. The molecule has 0 aliphatic carbocycles. The summed E-state index contributed by atoms with van der Waals surface area (Å²) in [6, 6.07) is 26.1. The highest BCUT2D eigenvalue weighted by Gasteiger charge is 2.12. The van der Waals surface area contributed by atoms with Crippen LogP contribution in [0.4, 0.5) is 0 Å². The monoisotopic (exact) mass is 1190 g/mol. The molecule has 89 heavy (non-hydrogen) atoms. The van der Waals surface area contributed by atoms with Gasteiger partial charge < -0.3 is 28.4 Å². The zero-order valence-electron chi connectivity index (χ0n) is 49.8. The Bertz CT molecular complexity index is 3020. The zero-order valence-corrected chi connectivity index (χ0v) is 49.8. The van der Waals surface area contributed by atoms with Crippen LogP contribution in [0.5, 0.6) is 0 Å². The maximum absolute atomic E-state index is 8.56. The van der Waals surface area contributed by atoms with Crippen LogP contribution in [0.2, 0.25) is 0 Å². The van der Waals surface area contributed by atoms with Crippen molar-refractivity contribution in [3.8, 4) is 208 Å². The summed E-state index contributed by atoms with van der Waals surface area (Å²) in [5, 5.41) is 114. The summed E-state index contributed by atoms with van der Waals surface area (Å²) in [6.07, 6.45) is 54.0. The van der Waals surface area contributed by atoms with Gasteiger partial charge in [-0.05, 0) is 40.5 Å². The van der Waals surface area contributed by atoms with Gasteiger partial charge in [0.2, 0.25) is 0 Å². The van der Waals surface area contributed by atoms with Gasteiger partial charge in [-0.25, -0.2) is 0 Å². The Balaban J connectivity index is -0.0000000846. The first kappa shape index (κ1) is 101. The molecule has 0 aliphatic heterocycles. The van der Waals surface area contributed by atoms with Gasteiger partial charge in [0, 0.05) is 31.3 Å². The number of hydrogen-bond donors (Lipinski definition) is 0. The molecular formula is C69H70N14O6. The molecule has 0 aromatic carbocycles. The molecule has 0 aromatic rings. The van der Waals surface area contributed by atoms with Gasteiger partial charge in [0.1, 0.15) is 50.5 Å². The molecule has 0 radical (unpaired) electrons. The fourth-order valence-electron chi connectivity index (χ4n) is 2.98. The summed E-state index contributed by atoms with van der Waals surface area (Å²) in [5.41, 5.74) is 0.382. The fraction of sp³-hybridized carbons (Fsp3) is 0.391. The summed E-state index contributed by atoms with van der Waals surface area (Å²) in [5.74, 6) is 24.5. The third-order valence-electron chi connectivity index (χ3n) is 6.98. The van der Waals surface area contributed by atoms with E-state index in [1.165, 1.54) is 30.9 Å². The maximum atomic E-state index is 8.56. The molecule has 0 saturated heterocycles. The summed E-state index contributed by atoms with van der Waals surface area (Å²) in [7, 11) is 0. The van der Waals surface area contributed by atoms with E-state index in [0.29, 0.717) is 62.9 Å². The van der Waals surface area contributed by atoms with Crippen molar-refractivity contribution in [2.45, 2.75) is 98.5 Å². The first-order valence-corrected chi connectivity index (χ1v) is 24.5. The number of nitrogens with zero attached hydrogens (tertiary/aromatic N) is 14. The van der Waals surface area contributed by atoms with Crippen LogP contribution in [-0.4, -0.2) is 58.5 Å². The van der Waals surface area contributed by atoms with Crippen molar-refractivity contribution in [1.82, 2.24) is 0 Å². The lowest BCUT2D eigenvalue weighted by molar-refractivity contribution is 0.0308. The van der Waals surface area contributed by atoms with Crippen molar-refractivity contribution in [3.63, 3.8) is 0 Å². The van der Waals surface area contributed by atoms with Crippen LogP contribution >= 0.6 is 0 Å². The van der Waals surface area contributed by atoms with Gasteiger partial charge in [-0.15, -0.1) is 75.6 Å². The second-order valence-corrected chi connectivity index (χ2v) is 14.6. The number of hydrogen-bond acceptors (Lipinski definition) is 20. The van der Waals surface area contributed by atoms with Gasteiger partial charge in [-0.2, -0.15) is 73.7 Å². The van der Waals surface area contributed by atoms with E-state index >= 15 is 0 Å². The number of nitriles is 14. The van der Waals surface area contributed by atoms with E-state index in [9.17, 15) is 0 Å². The minimum absolute atomic E-state index is 0. The molecule has 0 aliphatic rings. The average Bonchev–Trinajstić information content (AvgIpc) is 3.56. The molecule has 0 fully saturated rings. The van der Waals surface area contributed by atoms with Gasteiger partial charge in [0.05, 0.1) is 172 Å². The predicted octanol–water partition coefficient (Wildman–Crippen LogP) is 9.89. The van der Waals surface area contributed by atoms with Crippen LogP contribution in [0.1, 0.15) is 92.9 Å². The van der Waals surface area contributed by atoms with E-state index in [1.807, 2.05) is 54.6 Å². The van der Waals surface area contributed by atoms with Crippen molar-refractivity contribution in [1.29, 1.82) is 73.7 Å². The van der Waals surface area contributed by atoms with Crippen molar-refractivity contribution in [2.75, 3.05) is 52.9 Å². The molecule has 0 N–H and O–H groups in total. The Hall–Kier alpha value is -13.3. The van der Waals surface area contributed by atoms with Crippen LogP contribution in [0, 0.1) is 305 Å². The Morgan fingerprint density at radius 2 is 0.966 bits per heavy atom. The van der Waals surface area contributed by atoms with Gasteiger partial charge >= 0.3 is 0 Å². The first-order valence-electron chi connectivity index (χ1n) is 24.5. The van der Waals surface area contributed by atoms with Gasteiger partial charge in [0.25, 0.3) is 0 Å². The average molecular weight is 1190 g/mol. The van der Waals surface area contributed by atoms with E-state index in [2.05, 4.69) is 87.2 Å². The molecule has 2 atom stereocenters. The summed E-state index contributed by atoms with van der Waals surface area (Å²) in [4.78, 5) is 0.